The fourth-order valence-corrected chi connectivity index (χ4v) is 3.32. The quantitative estimate of drug-likeness (QED) is 0.541. The molecule has 3 heteroatoms. The molecule has 0 aromatic heterocycles. The molecule has 2 aromatic rings. The van der Waals surface area contributed by atoms with E-state index in [0.29, 0.717) is 6.54 Å². The van der Waals surface area contributed by atoms with Crippen LogP contribution in [0.15, 0.2) is 42.5 Å². The third-order valence-electron chi connectivity index (χ3n) is 5.05. The minimum absolute atomic E-state index is 0.0848. The molecule has 0 saturated carbocycles. The van der Waals surface area contributed by atoms with Crippen LogP contribution in [0.1, 0.15) is 70.7 Å². The first-order valence-corrected chi connectivity index (χ1v) is 11.0. The Balaban J connectivity index is 2.47. The van der Waals surface area contributed by atoms with Crippen molar-refractivity contribution >= 4 is 12.2 Å². The van der Waals surface area contributed by atoms with Crippen molar-refractivity contribution in [2.45, 2.75) is 65.4 Å². The van der Waals surface area contributed by atoms with E-state index in [0.717, 1.165) is 17.9 Å². The third kappa shape index (κ3) is 7.00. The minimum Gasteiger partial charge on any atom is -0.490 e. The van der Waals surface area contributed by atoms with Crippen LogP contribution in [0, 0.1) is 0 Å². The Morgan fingerprint density at radius 2 is 1.43 bits per heavy atom. The van der Waals surface area contributed by atoms with Crippen molar-refractivity contribution in [3.8, 4) is 5.75 Å². The van der Waals surface area contributed by atoms with Gasteiger partial charge in [0.15, 0.2) is 0 Å². The third-order valence-corrected chi connectivity index (χ3v) is 5.05. The first kappa shape index (κ1) is 24.2. The number of aliphatic hydroxyl groups excluding tert-OH is 1. The van der Waals surface area contributed by atoms with E-state index < -0.39 is 6.10 Å². The van der Waals surface area contributed by atoms with E-state index in [4.69, 9.17) is 4.74 Å². The van der Waals surface area contributed by atoms with Crippen LogP contribution in [0.3, 0.4) is 0 Å². The molecule has 3 nitrogen and oxygen atoms in total. The average molecular weight is 410 g/mol. The zero-order chi connectivity index (χ0) is 22.4. The Bertz CT molecular complexity index is 791. The van der Waals surface area contributed by atoms with E-state index in [2.05, 4.69) is 95.4 Å². The summed E-state index contributed by atoms with van der Waals surface area (Å²) in [7, 11) is 0. The zero-order valence-electron chi connectivity index (χ0n) is 19.8. The van der Waals surface area contributed by atoms with E-state index in [1.807, 2.05) is 13.0 Å². The van der Waals surface area contributed by atoms with Gasteiger partial charge in [0.25, 0.3) is 0 Å². The van der Waals surface area contributed by atoms with Crippen molar-refractivity contribution < 1.29 is 9.84 Å². The zero-order valence-corrected chi connectivity index (χ0v) is 19.8. The van der Waals surface area contributed by atoms with Crippen LogP contribution in [0.2, 0.25) is 0 Å². The minimum atomic E-state index is -0.539. The van der Waals surface area contributed by atoms with Crippen LogP contribution in [0.4, 0.5) is 0 Å². The van der Waals surface area contributed by atoms with Gasteiger partial charge < -0.3 is 15.2 Å². The second kappa shape index (κ2) is 10.3. The summed E-state index contributed by atoms with van der Waals surface area (Å²) in [5, 5.41) is 13.5. The highest BCUT2D eigenvalue weighted by Gasteiger charge is 2.28. The molecule has 2 rings (SSSR count). The van der Waals surface area contributed by atoms with Gasteiger partial charge in [-0.2, -0.15) is 0 Å². The summed E-state index contributed by atoms with van der Waals surface area (Å²) >= 11 is 0. The van der Waals surface area contributed by atoms with E-state index in [1.54, 1.807) is 0 Å². The summed E-state index contributed by atoms with van der Waals surface area (Å²) in [5.41, 5.74) is 4.50. The molecule has 0 saturated heterocycles. The Morgan fingerprint density at radius 3 is 1.93 bits per heavy atom. The lowest BCUT2D eigenvalue weighted by atomic mass is 9.78. The van der Waals surface area contributed by atoms with Gasteiger partial charge in [0.2, 0.25) is 0 Å². The van der Waals surface area contributed by atoms with Crippen molar-refractivity contribution in [3.05, 3.63) is 64.7 Å². The number of likely N-dealkylation sites (N-methyl/N-ethyl adjacent to an activating group) is 1. The van der Waals surface area contributed by atoms with Crippen molar-refractivity contribution in [2.24, 2.45) is 0 Å². The largest absolute Gasteiger partial charge is 0.490 e. The molecule has 0 aliphatic carbocycles. The van der Waals surface area contributed by atoms with E-state index >= 15 is 0 Å². The molecule has 0 spiro atoms. The lowest BCUT2D eigenvalue weighted by Crippen LogP contribution is -2.32. The maximum absolute atomic E-state index is 10.3. The smallest absolute Gasteiger partial charge is 0.126 e. The number of hydrogen-bond acceptors (Lipinski definition) is 3. The van der Waals surface area contributed by atoms with Crippen LogP contribution in [0.5, 0.6) is 5.75 Å². The second-order valence-electron chi connectivity index (χ2n) is 9.96. The molecular weight excluding hydrogens is 370 g/mol. The lowest BCUT2D eigenvalue weighted by molar-refractivity contribution is 0.104. The van der Waals surface area contributed by atoms with Gasteiger partial charge in [0.05, 0.1) is 0 Å². The number of hydrogen-bond donors (Lipinski definition) is 2. The predicted molar refractivity (Wildman–Crippen MR) is 129 cm³/mol. The predicted octanol–water partition coefficient (Wildman–Crippen LogP) is 5.80. The second-order valence-corrected chi connectivity index (χ2v) is 9.96. The highest BCUT2D eigenvalue weighted by Crippen LogP contribution is 2.41. The summed E-state index contributed by atoms with van der Waals surface area (Å²) in [4.78, 5) is 0. The average Bonchev–Trinajstić information content (AvgIpc) is 2.68. The number of nitrogens with one attached hydrogen (secondary N) is 1. The first-order valence-electron chi connectivity index (χ1n) is 11.0. The molecule has 0 amide bonds. The maximum atomic E-state index is 10.3. The van der Waals surface area contributed by atoms with Gasteiger partial charge in [-0.25, -0.2) is 0 Å². The summed E-state index contributed by atoms with van der Waals surface area (Å²) in [5.74, 6) is 0.905. The number of rotatable bonds is 8. The molecule has 0 aliphatic rings. The van der Waals surface area contributed by atoms with Gasteiger partial charge in [-0.1, -0.05) is 91.0 Å². The Hall–Kier alpha value is -2.10. The molecule has 1 unspecified atom stereocenters. The molecule has 0 radical (unpaired) electrons. The Morgan fingerprint density at radius 1 is 0.900 bits per heavy atom. The van der Waals surface area contributed by atoms with Crippen molar-refractivity contribution in [3.63, 3.8) is 0 Å². The van der Waals surface area contributed by atoms with Crippen LogP contribution in [-0.4, -0.2) is 30.9 Å². The van der Waals surface area contributed by atoms with E-state index in [1.165, 1.54) is 16.7 Å². The SMILES string of the molecule is CCNCC(O)COc1c(C(C)(C)C)cc(/C=C/c2ccccc2)cc1C(C)(C)C. The molecular formula is C27H39NO2. The lowest BCUT2D eigenvalue weighted by Gasteiger charge is -2.31. The molecule has 0 aliphatic heterocycles. The molecule has 164 valence electrons. The Labute approximate surface area is 183 Å². The van der Waals surface area contributed by atoms with E-state index in [-0.39, 0.29) is 17.4 Å². The van der Waals surface area contributed by atoms with Gasteiger partial charge in [0, 0.05) is 17.7 Å². The fourth-order valence-electron chi connectivity index (χ4n) is 3.32. The summed E-state index contributed by atoms with van der Waals surface area (Å²) in [6.45, 7) is 16.9. The highest BCUT2D eigenvalue weighted by molar-refractivity contribution is 5.71. The van der Waals surface area contributed by atoms with Crippen molar-refractivity contribution in [1.29, 1.82) is 0 Å². The number of aliphatic hydroxyl groups is 1. The summed E-state index contributed by atoms with van der Waals surface area (Å²) < 4.78 is 6.28. The Kier molecular flexibility index (Phi) is 8.28. The van der Waals surface area contributed by atoms with Crippen molar-refractivity contribution in [2.75, 3.05) is 19.7 Å². The summed E-state index contributed by atoms with van der Waals surface area (Å²) in [6.07, 6.45) is 3.78. The summed E-state index contributed by atoms with van der Waals surface area (Å²) in [6, 6.07) is 14.8. The normalized spacial score (nSPS) is 13.6. The van der Waals surface area contributed by atoms with Crippen molar-refractivity contribution in [1.82, 2.24) is 5.32 Å². The topological polar surface area (TPSA) is 41.5 Å². The van der Waals surface area contributed by atoms with Crippen LogP contribution >= 0.6 is 0 Å². The van der Waals surface area contributed by atoms with Gasteiger partial charge in [-0.15, -0.1) is 0 Å². The van der Waals surface area contributed by atoms with Crippen LogP contribution in [0.25, 0.3) is 12.2 Å². The monoisotopic (exact) mass is 409 g/mol. The standard InChI is InChI=1S/C27H39NO2/c1-8-28-18-22(29)19-30-25-23(26(2,3)4)16-21(17-24(25)27(5,6)7)15-14-20-12-10-9-11-13-20/h9-17,22,28-29H,8,18-19H2,1-7H3/b15-14+. The van der Waals surface area contributed by atoms with Gasteiger partial charge in [0.1, 0.15) is 18.5 Å². The highest BCUT2D eigenvalue weighted by atomic mass is 16.5. The van der Waals surface area contributed by atoms with Gasteiger partial charge in [-0.05, 0) is 40.6 Å². The molecule has 0 heterocycles. The molecule has 2 N–H and O–H groups in total. The molecule has 30 heavy (non-hydrogen) atoms. The van der Waals surface area contributed by atoms with E-state index in [9.17, 15) is 5.11 Å². The van der Waals surface area contributed by atoms with Crippen LogP contribution in [-0.2, 0) is 10.8 Å². The number of ether oxygens (including phenoxy) is 1. The van der Waals surface area contributed by atoms with Crippen LogP contribution < -0.4 is 10.1 Å². The maximum Gasteiger partial charge on any atom is 0.126 e. The molecule has 2 aromatic carbocycles. The van der Waals surface area contributed by atoms with Gasteiger partial charge >= 0.3 is 0 Å². The molecule has 0 fully saturated rings. The molecule has 1 atom stereocenters. The van der Waals surface area contributed by atoms with Gasteiger partial charge in [-0.3, -0.25) is 0 Å². The fraction of sp³-hybridized carbons (Fsp3) is 0.481. The number of benzene rings is 2. The molecule has 0 bridgehead atoms. The first-order chi connectivity index (χ1) is 14.0.